The third-order valence-corrected chi connectivity index (χ3v) is 3.73. The lowest BCUT2D eigenvalue weighted by Crippen LogP contribution is -2.53. The summed E-state index contributed by atoms with van der Waals surface area (Å²) < 4.78 is 5.19. The number of nitrogens with one attached hydrogen (secondary N) is 1. The molecule has 2 rings (SSSR count). The number of carbonyl (C=O) groups is 2. The molecule has 2 aliphatic rings. The number of cyclic esters (lactones) is 1. The summed E-state index contributed by atoms with van der Waals surface area (Å²) in [4.78, 5) is 27.5. The molecule has 0 radical (unpaired) electrons. The van der Waals surface area contributed by atoms with Crippen LogP contribution in [-0.2, 0) is 14.3 Å². The SMILES string of the molecule is CCNC(=O)CN1CCN([C@H]2C[C@@H](C)OC2=O)CC1. The molecule has 2 aliphatic heterocycles. The number of amides is 1. The van der Waals surface area contributed by atoms with Crippen LogP contribution in [0.25, 0.3) is 0 Å². The van der Waals surface area contributed by atoms with Gasteiger partial charge in [-0.25, -0.2) is 0 Å². The average molecular weight is 269 g/mol. The standard InChI is InChI=1S/C13H23N3O3/c1-3-14-12(17)9-15-4-6-16(7-5-15)11-8-10(2)19-13(11)18/h10-11H,3-9H2,1-2H3,(H,14,17)/t10-,11+/m1/s1. The molecule has 0 aromatic carbocycles. The predicted octanol–water partition coefficient (Wildman–Crippen LogP) is -0.556. The molecule has 19 heavy (non-hydrogen) atoms. The van der Waals surface area contributed by atoms with Crippen molar-refractivity contribution < 1.29 is 14.3 Å². The minimum Gasteiger partial charge on any atom is -0.461 e. The highest BCUT2D eigenvalue weighted by atomic mass is 16.6. The second-order valence-corrected chi connectivity index (χ2v) is 5.26. The van der Waals surface area contributed by atoms with E-state index >= 15 is 0 Å². The number of hydrogen-bond acceptors (Lipinski definition) is 5. The number of nitrogens with zero attached hydrogens (tertiary/aromatic N) is 2. The van der Waals surface area contributed by atoms with Gasteiger partial charge < -0.3 is 10.1 Å². The maximum Gasteiger partial charge on any atom is 0.323 e. The maximum absolute atomic E-state index is 11.7. The van der Waals surface area contributed by atoms with Crippen LogP contribution in [0.2, 0.25) is 0 Å². The van der Waals surface area contributed by atoms with E-state index in [1.54, 1.807) is 0 Å². The number of piperazine rings is 1. The van der Waals surface area contributed by atoms with E-state index in [4.69, 9.17) is 4.74 Å². The molecule has 6 heteroatoms. The molecule has 108 valence electrons. The quantitative estimate of drug-likeness (QED) is 0.694. The minimum atomic E-state index is -0.0929. The lowest BCUT2D eigenvalue weighted by atomic mass is 10.1. The van der Waals surface area contributed by atoms with Gasteiger partial charge in [0.25, 0.3) is 0 Å². The average Bonchev–Trinajstić information content (AvgIpc) is 2.70. The smallest absolute Gasteiger partial charge is 0.323 e. The van der Waals surface area contributed by atoms with Crippen LogP contribution in [0, 0.1) is 0 Å². The van der Waals surface area contributed by atoms with Crippen molar-refractivity contribution in [1.82, 2.24) is 15.1 Å². The Labute approximate surface area is 114 Å². The Balaban J connectivity index is 1.76. The normalized spacial score (nSPS) is 29.3. The molecule has 0 bridgehead atoms. The highest BCUT2D eigenvalue weighted by molar-refractivity contribution is 5.78. The fourth-order valence-electron chi connectivity index (χ4n) is 2.72. The van der Waals surface area contributed by atoms with Gasteiger partial charge in [-0.05, 0) is 13.8 Å². The molecule has 0 aromatic rings. The Morgan fingerprint density at radius 2 is 2.05 bits per heavy atom. The van der Waals surface area contributed by atoms with E-state index in [9.17, 15) is 9.59 Å². The Kier molecular flexibility index (Phi) is 4.76. The van der Waals surface area contributed by atoms with Crippen molar-refractivity contribution in [2.24, 2.45) is 0 Å². The van der Waals surface area contributed by atoms with Gasteiger partial charge >= 0.3 is 5.97 Å². The van der Waals surface area contributed by atoms with Gasteiger partial charge in [0.2, 0.25) is 5.91 Å². The number of rotatable bonds is 4. The minimum absolute atomic E-state index is 0.0332. The van der Waals surface area contributed by atoms with E-state index in [1.165, 1.54) is 0 Å². The zero-order valence-corrected chi connectivity index (χ0v) is 11.7. The molecular formula is C13H23N3O3. The summed E-state index contributed by atoms with van der Waals surface area (Å²) in [5.74, 6) is -0.0190. The van der Waals surface area contributed by atoms with Crippen molar-refractivity contribution in [2.75, 3.05) is 39.3 Å². The zero-order valence-electron chi connectivity index (χ0n) is 11.7. The maximum atomic E-state index is 11.7. The second-order valence-electron chi connectivity index (χ2n) is 5.26. The molecule has 2 atom stereocenters. The fraction of sp³-hybridized carbons (Fsp3) is 0.846. The number of hydrogen-bond donors (Lipinski definition) is 1. The van der Waals surface area contributed by atoms with E-state index in [2.05, 4.69) is 15.1 Å². The van der Waals surface area contributed by atoms with Gasteiger partial charge in [0.15, 0.2) is 0 Å². The summed E-state index contributed by atoms with van der Waals surface area (Å²) in [6, 6.07) is -0.0818. The van der Waals surface area contributed by atoms with Crippen molar-refractivity contribution in [3.8, 4) is 0 Å². The molecular weight excluding hydrogens is 246 g/mol. The van der Waals surface area contributed by atoms with Gasteiger partial charge in [-0.15, -0.1) is 0 Å². The molecule has 2 heterocycles. The van der Waals surface area contributed by atoms with Crippen molar-refractivity contribution >= 4 is 11.9 Å². The molecule has 0 spiro atoms. The predicted molar refractivity (Wildman–Crippen MR) is 70.7 cm³/mol. The van der Waals surface area contributed by atoms with E-state index in [0.29, 0.717) is 13.1 Å². The Morgan fingerprint density at radius 3 is 2.58 bits per heavy atom. The van der Waals surface area contributed by atoms with Crippen molar-refractivity contribution in [3.63, 3.8) is 0 Å². The van der Waals surface area contributed by atoms with Crippen LogP contribution in [0.5, 0.6) is 0 Å². The first-order chi connectivity index (χ1) is 9.10. The third-order valence-electron chi connectivity index (χ3n) is 3.73. The van der Waals surface area contributed by atoms with Gasteiger partial charge in [-0.3, -0.25) is 19.4 Å². The van der Waals surface area contributed by atoms with Crippen LogP contribution in [-0.4, -0.2) is 73.1 Å². The van der Waals surface area contributed by atoms with E-state index in [0.717, 1.165) is 32.6 Å². The first-order valence-corrected chi connectivity index (χ1v) is 7.03. The first kappa shape index (κ1) is 14.3. The van der Waals surface area contributed by atoms with Crippen LogP contribution in [0.1, 0.15) is 20.3 Å². The lowest BCUT2D eigenvalue weighted by molar-refractivity contribution is -0.145. The Bertz CT molecular complexity index is 340. The molecule has 2 saturated heterocycles. The lowest BCUT2D eigenvalue weighted by Gasteiger charge is -2.36. The van der Waals surface area contributed by atoms with Gasteiger partial charge in [-0.2, -0.15) is 0 Å². The Morgan fingerprint density at radius 1 is 1.37 bits per heavy atom. The summed E-state index contributed by atoms with van der Waals surface area (Å²) in [5.41, 5.74) is 0. The summed E-state index contributed by atoms with van der Waals surface area (Å²) in [6.07, 6.45) is 0.820. The molecule has 6 nitrogen and oxygen atoms in total. The van der Waals surface area contributed by atoms with Crippen molar-refractivity contribution in [2.45, 2.75) is 32.4 Å². The topological polar surface area (TPSA) is 61.9 Å². The van der Waals surface area contributed by atoms with E-state index in [1.807, 2.05) is 13.8 Å². The van der Waals surface area contributed by atoms with Crippen molar-refractivity contribution in [1.29, 1.82) is 0 Å². The van der Waals surface area contributed by atoms with Crippen LogP contribution < -0.4 is 5.32 Å². The summed E-state index contributed by atoms with van der Waals surface area (Å²) in [5, 5.41) is 2.80. The number of esters is 1. The van der Waals surface area contributed by atoms with Crippen LogP contribution in [0.3, 0.4) is 0 Å². The zero-order chi connectivity index (χ0) is 13.8. The fourth-order valence-corrected chi connectivity index (χ4v) is 2.72. The van der Waals surface area contributed by atoms with Crippen LogP contribution in [0.15, 0.2) is 0 Å². The number of likely N-dealkylation sites (N-methyl/N-ethyl adjacent to an activating group) is 1. The highest BCUT2D eigenvalue weighted by Crippen LogP contribution is 2.20. The Hall–Kier alpha value is -1.14. The summed E-state index contributed by atoms with van der Waals surface area (Å²) in [6.45, 7) is 8.28. The molecule has 1 amide bonds. The monoisotopic (exact) mass is 269 g/mol. The second kappa shape index (κ2) is 6.34. The number of ether oxygens (including phenoxy) is 1. The molecule has 2 fully saturated rings. The number of carbonyl (C=O) groups excluding carboxylic acids is 2. The van der Waals surface area contributed by atoms with Gasteiger partial charge in [0.05, 0.1) is 6.54 Å². The van der Waals surface area contributed by atoms with Gasteiger partial charge in [-0.1, -0.05) is 0 Å². The molecule has 0 unspecified atom stereocenters. The largest absolute Gasteiger partial charge is 0.461 e. The molecule has 1 N–H and O–H groups in total. The third kappa shape index (κ3) is 3.67. The summed E-state index contributed by atoms with van der Waals surface area (Å²) >= 11 is 0. The molecule has 0 aliphatic carbocycles. The van der Waals surface area contributed by atoms with Crippen LogP contribution >= 0.6 is 0 Å². The molecule has 0 saturated carbocycles. The van der Waals surface area contributed by atoms with Crippen LogP contribution in [0.4, 0.5) is 0 Å². The first-order valence-electron chi connectivity index (χ1n) is 7.03. The van der Waals surface area contributed by atoms with Crippen molar-refractivity contribution in [3.05, 3.63) is 0 Å². The van der Waals surface area contributed by atoms with E-state index in [-0.39, 0.29) is 24.0 Å². The highest BCUT2D eigenvalue weighted by Gasteiger charge is 2.37. The summed E-state index contributed by atoms with van der Waals surface area (Å²) in [7, 11) is 0. The van der Waals surface area contributed by atoms with E-state index < -0.39 is 0 Å². The van der Waals surface area contributed by atoms with Gasteiger partial charge in [0, 0.05) is 39.1 Å². The molecule has 0 aromatic heterocycles. The van der Waals surface area contributed by atoms with Gasteiger partial charge in [0.1, 0.15) is 12.1 Å².